The summed E-state index contributed by atoms with van der Waals surface area (Å²) in [5, 5.41) is 72.6. The van der Waals surface area contributed by atoms with Crippen molar-refractivity contribution in [3.8, 4) is 51.4 Å². The first kappa shape index (κ1) is 63.0. The number of hydrogen-bond acceptors (Lipinski definition) is 10. The Morgan fingerprint density at radius 1 is 0.333 bits per heavy atom. The summed E-state index contributed by atoms with van der Waals surface area (Å²) < 4.78 is 20.6. The van der Waals surface area contributed by atoms with Gasteiger partial charge in [0.25, 0.3) is 0 Å². The number of carboxylic acid groups (broad SMARTS) is 3. The first-order valence-electron chi connectivity index (χ1n) is 30.3. The third kappa shape index (κ3) is 14.7. The lowest BCUT2D eigenvalue weighted by Crippen LogP contribution is -2.10. The molecule has 11 aromatic carbocycles. The maximum Gasteiger partial charge on any atom is 0.335 e. The lowest BCUT2D eigenvalue weighted by molar-refractivity contribution is 0.0686. The summed E-state index contributed by atoms with van der Waals surface area (Å²) in [4.78, 5) is 35.7. The van der Waals surface area contributed by atoms with Crippen LogP contribution in [0, 0.1) is 27.7 Å². The van der Waals surface area contributed by atoms with Crippen molar-refractivity contribution >= 4 is 17.9 Å². The fourth-order valence-electron chi connectivity index (χ4n) is 11.8. The van der Waals surface area contributed by atoms with E-state index >= 15 is 0 Å². The quantitative estimate of drug-likeness (QED) is 0.0297. The summed E-state index contributed by atoms with van der Waals surface area (Å²) in [6, 6.07) is 68.1. The van der Waals surface area contributed by atoms with E-state index in [1.54, 1.807) is 97.1 Å². The SMILES string of the molecule is Cc1cc(C(c2ccc(O)c(C)c2)c2cc(Cc3cc(-c4ccccc4)cc(Cc4ccc(OCc5ccc(C(=O)O)cc5)c(C(c5ccc(O)c(C)c5)c5ccc(O)c(C)c5)c4)c3OCc3ccc(C(=O)O)cc3)ccc2OCc2ccc(C(=O)O)cc2)ccc1O. The molecule has 11 rings (SSSR count). The molecule has 7 N–H and O–H groups in total. The Kier molecular flexibility index (Phi) is 18.7. The van der Waals surface area contributed by atoms with Gasteiger partial charge in [0.2, 0.25) is 0 Å². The molecule has 0 aliphatic heterocycles. The van der Waals surface area contributed by atoms with Crippen LogP contribution in [0.25, 0.3) is 11.1 Å². The van der Waals surface area contributed by atoms with E-state index in [0.29, 0.717) is 52.3 Å². The zero-order valence-electron chi connectivity index (χ0n) is 51.6. The minimum Gasteiger partial charge on any atom is -0.508 e. The van der Waals surface area contributed by atoms with E-state index < -0.39 is 29.7 Å². The highest BCUT2D eigenvalue weighted by Crippen LogP contribution is 2.45. The van der Waals surface area contributed by atoms with Gasteiger partial charge in [-0.3, -0.25) is 0 Å². The van der Waals surface area contributed by atoms with Gasteiger partial charge in [0.15, 0.2) is 0 Å². The van der Waals surface area contributed by atoms with Gasteiger partial charge in [-0.25, -0.2) is 14.4 Å². The van der Waals surface area contributed by atoms with Crippen molar-refractivity contribution in [1.82, 2.24) is 0 Å². The molecule has 0 atom stereocenters. The molecule has 0 spiro atoms. The lowest BCUT2D eigenvalue weighted by Gasteiger charge is -2.25. The van der Waals surface area contributed by atoms with Crippen molar-refractivity contribution < 1.29 is 64.3 Å². The van der Waals surface area contributed by atoms with Crippen LogP contribution in [0.3, 0.4) is 0 Å². The molecule has 0 heterocycles. The molecule has 0 aliphatic carbocycles. The molecule has 13 nitrogen and oxygen atoms in total. The number of ether oxygens (including phenoxy) is 3. The van der Waals surface area contributed by atoms with Gasteiger partial charge in [-0.1, -0.05) is 140 Å². The number of rotatable bonds is 23. The van der Waals surface area contributed by atoms with E-state index in [9.17, 15) is 50.1 Å². The molecule has 93 heavy (non-hydrogen) atoms. The zero-order chi connectivity index (χ0) is 65.4. The van der Waals surface area contributed by atoms with Crippen LogP contribution in [-0.2, 0) is 32.7 Å². The predicted octanol–water partition coefficient (Wildman–Crippen LogP) is 16.8. The third-order valence-electron chi connectivity index (χ3n) is 16.9. The Hall–Kier alpha value is -11.6. The van der Waals surface area contributed by atoms with Crippen LogP contribution in [0.5, 0.6) is 40.2 Å². The summed E-state index contributed by atoms with van der Waals surface area (Å²) in [7, 11) is 0. The molecule has 0 saturated heterocycles. The number of aromatic carboxylic acids is 3. The largest absolute Gasteiger partial charge is 0.508 e. The second-order valence-corrected chi connectivity index (χ2v) is 23.5. The van der Waals surface area contributed by atoms with Gasteiger partial charge < -0.3 is 50.0 Å². The fourth-order valence-corrected chi connectivity index (χ4v) is 11.8. The standard InChI is InChI=1S/C80H68O13/c1-47-34-60(24-28-69(47)81)75(61-25-29-70(82)48(2)35-61)67-40-54(16-32-73(67)91-44-51-10-18-57(19-11-51)78(85)86)38-65-42-64(56-8-6-5-7-9-56)43-66(77(65)93-46-53-14-22-59(23-15-53)80(89)90)39-55-17-33-74(92-45-52-12-20-58(21-13-52)79(87)88)68(41-55)76(62-26-30-71(83)49(3)36-62)63-27-31-72(84)50(4)37-63/h5-37,40-43,75-76,81-84H,38-39,44-46H2,1-4H3,(H,85,86)(H,87,88)(H,89,90). The summed E-state index contributed by atoms with van der Waals surface area (Å²) in [6.07, 6.45) is 0.656. The van der Waals surface area contributed by atoms with Crippen molar-refractivity contribution in [2.24, 2.45) is 0 Å². The van der Waals surface area contributed by atoms with E-state index in [2.05, 4.69) is 36.4 Å². The number of carbonyl (C=O) groups is 3. The predicted molar refractivity (Wildman–Crippen MR) is 357 cm³/mol. The van der Waals surface area contributed by atoms with Crippen molar-refractivity contribution in [2.45, 2.75) is 72.2 Å². The Morgan fingerprint density at radius 3 is 0.957 bits per heavy atom. The summed E-state index contributed by atoms with van der Waals surface area (Å²) in [5.74, 6) is -1.90. The molecule has 0 bridgehead atoms. The molecule has 0 saturated carbocycles. The van der Waals surface area contributed by atoms with E-state index in [1.807, 2.05) is 119 Å². The average molecular weight is 1240 g/mol. The van der Waals surface area contributed by atoms with Crippen LogP contribution in [0.1, 0.15) is 137 Å². The first-order chi connectivity index (χ1) is 44.8. The summed E-state index contributed by atoms with van der Waals surface area (Å²) >= 11 is 0. The average Bonchev–Trinajstić information content (AvgIpc) is 0.982. The molecule has 0 amide bonds. The van der Waals surface area contributed by atoms with Crippen LogP contribution in [0.2, 0.25) is 0 Å². The number of phenols is 4. The van der Waals surface area contributed by atoms with Crippen LogP contribution in [0.15, 0.2) is 224 Å². The topological polar surface area (TPSA) is 221 Å². The molecule has 0 unspecified atom stereocenters. The highest BCUT2D eigenvalue weighted by molar-refractivity contribution is 5.88. The van der Waals surface area contributed by atoms with Gasteiger partial charge in [0.1, 0.15) is 60.1 Å². The Bertz CT molecular complexity index is 4230. The van der Waals surface area contributed by atoms with E-state index in [-0.39, 0.29) is 59.5 Å². The highest BCUT2D eigenvalue weighted by Gasteiger charge is 2.27. The molecule has 11 aromatic rings. The summed E-state index contributed by atoms with van der Waals surface area (Å²) in [5.41, 5.74) is 15.6. The number of benzene rings is 11. The van der Waals surface area contributed by atoms with Crippen LogP contribution < -0.4 is 14.2 Å². The van der Waals surface area contributed by atoms with Crippen LogP contribution in [-0.4, -0.2) is 53.7 Å². The van der Waals surface area contributed by atoms with Gasteiger partial charge in [-0.15, -0.1) is 0 Å². The molecule has 0 radical (unpaired) electrons. The Labute approximate surface area is 538 Å². The highest BCUT2D eigenvalue weighted by atomic mass is 16.5. The zero-order valence-corrected chi connectivity index (χ0v) is 51.6. The van der Waals surface area contributed by atoms with Crippen LogP contribution >= 0.6 is 0 Å². The van der Waals surface area contributed by atoms with Crippen molar-refractivity contribution in [1.29, 1.82) is 0 Å². The van der Waals surface area contributed by atoms with Gasteiger partial charge in [0.05, 0.1) is 16.7 Å². The molecule has 0 fully saturated rings. The van der Waals surface area contributed by atoms with Crippen molar-refractivity contribution in [3.63, 3.8) is 0 Å². The maximum atomic E-state index is 12.0. The van der Waals surface area contributed by atoms with Gasteiger partial charge in [-0.2, -0.15) is 0 Å². The smallest absolute Gasteiger partial charge is 0.335 e. The molecule has 0 aliphatic rings. The molecule has 466 valence electrons. The lowest BCUT2D eigenvalue weighted by atomic mass is 9.82. The number of carboxylic acids is 3. The Morgan fingerprint density at radius 2 is 0.645 bits per heavy atom. The summed E-state index contributed by atoms with van der Waals surface area (Å²) in [6.45, 7) is 7.65. The molecular formula is C80H68O13. The normalized spacial score (nSPS) is 11.2. The fraction of sp³-hybridized carbons (Fsp3) is 0.138. The van der Waals surface area contributed by atoms with Crippen molar-refractivity contribution in [2.75, 3.05) is 0 Å². The number of aromatic hydroxyl groups is 4. The second-order valence-electron chi connectivity index (χ2n) is 23.5. The molecular weight excluding hydrogens is 1170 g/mol. The number of phenolic OH excluding ortho intramolecular Hbond substituents is 4. The Balaban J connectivity index is 1.09. The van der Waals surface area contributed by atoms with Crippen LogP contribution in [0.4, 0.5) is 0 Å². The minimum atomic E-state index is -1.05. The van der Waals surface area contributed by atoms with Gasteiger partial charge >= 0.3 is 17.9 Å². The van der Waals surface area contributed by atoms with Gasteiger partial charge in [0, 0.05) is 35.8 Å². The van der Waals surface area contributed by atoms with E-state index in [1.165, 1.54) is 0 Å². The van der Waals surface area contributed by atoms with E-state index in [4.69, 9.17) is 14.2 Å². The first-order valence-corrected chi connectivity index (χ1v) is 30.3. The number of hydrogen-bond donors (Lipinski definition) is 7. The third-order valence-corrected chi connectivity index (χ3v) is 16.9. The number of aryl methyl sites for hydroxylation is 4. The monoisotopic (exact) mass is 1240 g/mol. The van der Waals surface area contributed by atoms with E-state index in [0.717, 1.165) is 83.5 Å². The second kappa shape index (κ2) is 27.7. The van der Waals surface area contributed by atoms with Gasteiger partial charge in [-0.05, 0) is 207 Å². The minimum absolute atomic E-state index is 0.0759. The maximum absolute atomic E-state index is 12.0. The molecule has 0 aromatic heterocycles. The van der Waals surface area contributed by atoms with Crippen molar-refractivity contribution in [3.05, 3.63) is 336 Å². The molecule has 13 heteroatoms.